The van der Waals surface area contributed by atoms with E-state index in [1.807, 2.05) is 38.1 Å². The molecule has 0 saturated heterocycles. The second-order valence-corrected chi connectivity index (χ2v) is 11.5. The number of aryl methyl sites for hydroxylation is 4. The smallest absolute Gasteiger partial charge is 0.262 e. The number of fused-ring (bicyclic) bond motifs is 1. The van der Waals surface area contributed by atoms with Gasteiger partial charge in [-0.3, -0.25) is 4.31 Å². The Labute approximate surface area is 186 Å². The van der Waals surface area contributed by atoms with Gasteiger partial charge in [-0.25, -0.2) is 12.8 Å². The Morgan fingerprint density at radius 3 is 2.63 bits per heavy atom. The fourth-order valence-electron chi connectivity index (χ4n) is 4.01. The summed E-state index contributed by atoms with van der Waals surface area (Å²) < 4.78 is 43.5. The van der Waals surface area contributed by atoms with Crippen molar-refractivity contribution in [2.45, 2.75) is 49.8 Å². The van der Waals surface area contributed by atoms with E-state index in [1.54, 1.807) is 22.5 Å². The van der Waals surface area contributed by atoms with E-state index < -0.39 is 10.0 Å². The highest BCUT2D eigenvalue weighted by atomic mass is 35.5. The number of sulfonamides is 1. The third-order valence-electron chi connectivity index (χ3n) is 5.55. The minimum absolute atomic E-state index is 0.234. The number of halogens is 2. The zero-order chi connectivity index (χ0) is 21.5. The van der Waals surface area contributed by atoms with Crippen molar-refractivity contribution >= 4 is 38.6 Å². The zero-order valence-electron chi connectivity index (χ0n) is 16.9. The molecule has 2 aromatic carbocycles. The molecule has 158 valence electrons. The van der Waals surface area contributed by atoms with Gasteiger partial charge in [0.15, 0.2) is 0 Å². The van der Waals surface area contributed by atoms with Crippen LogP contribution in [-0.2, 0) is 22.9 Å². The van der Waals surface area contributed by atoms with E-state index in [0.717, 1.165) is 28.1 Å². The fraction of sp³-hybridized carbons (Fsp3) is 0.304. The van der Waals surface area contributed by atoms with Crippen LogP contribution in [0.1, 0.15) is 34.4 Å². The summed E-state index contributed by atoms with van der Waals surface area (Å²) >= 11 is 7.15. The molecule has 0 saturated carbocycles. The van der Waals surface area contributed by atoms with Crippen molar-refractivity contribution in [2.75, 3.05) is 4.31 Å². The molecule has 1 aromatic heterocycles. The van der Waals surface area contributed by atoms with Gasteiger partial charge in [0.2, 0.25) is 0 Å². The maximum Gasteiger partial charge on any atom is 0.274 e. The van der Waals surface area contributed by atoms with Gasteiger partial charge in [-0.05, 0) is 86.6 Å². The molecular weight excluding hydrogens is 441 g/mol. The van der Waals surface area contributed by atoms with Gasteiger partial charge in [-0.2, -0.15) is 0 Å². The highest BCUT2D eigenvalue weighted by Gasteiger charge is 2.36. The lowest BCUT2D eigenvalue weighted by atomic mass is 9.93. The summed E-state index contributed by atoms with van der Waals surface area (Å²) in [5, 5.41) is 0.357. The Bertz CT molecular complexity index is 1190. The second-order valence-electron chi connectivity index (χ2n) is 7.77. The van der Waals surface area contributed by atoms with Gasteiger partial charge in [0, 0.05) is 15.9 Å². The van der Waals surface area contributed by atoms with E-state index in [2.05, 4.69) is 0 Å². The van der Waals surface area contributed by atoms with Crippen molar-refractivity contribution < 1.29 is 12.8 Å². The molecule has 1 aliphatic rings. The number of hydrogen-bond acceptors (Lipinski definition) is 3. The first kappa shape index (κ1) is 21.3. The van der Waals surface area contributed by atoms with Gasteiger partial charge in [-0.1, -0.05) is 29.8 Å². The van der Waals surface area contributed by atoms with Crippen LogP contribution < -0.4 is 4.31 Å². The minimum atomic E-state index is -3.70. The van der Waals surface area contributed by atoms with Crippen LogP contribution in [0.25, 0.3) is 0 Å². The third kappa shape index (κ3) is 4.13. The summed E-state index contributed by atoms with van der Waals surface area (Å²) in [6, 6.07) is 13.9. The van der Waals surface area contributed by atoms with Crippen LogP contribution >= 0.6 is 22.9 Å². The first-order valence-corrected chi connectivity index (χ1v) is 12.5. The predicted octanol–water partition coefficient (Wildman–Crippen LogP) is 6.30. The van der Waals surface area contributed by atoms with Gasteiger partial charge in [0.25, 0.3) is 10.0 Å². The van der Waals surface area contributed by atoms with Crippen molar-refractivity contribution in [3.8, 4) is 0 Å². The standard InChI is InChI=1S/C23H23ClFNO2S2/c1-15-3-5-18-8-11-20(10-7-17-6-9-19(24)14-21(17)25)26(22(18)13-15)30(27,28)23-12-4-16(2)29-23/h3-6,9,12-14,20H,7-8,10-11H2,1-2H3. The van der Waals surface area contributed by atoms with Gasteiger partial charge < -0.3 is 0 Å². The van der Waals surface area contributed by atoms with Crippen LogP contribution in [0.2, 0.25) is 5.02 Å². The molecule has 1 aliphatic heterocycles. The second kappa shape index (κ2) is 8.33. The van der Waals surface area contributed by atoms with Crippen LogP contribution in [0.15, 0.2) is 52.7 Å². The monoisotopic (exact) mass is 463 g/mol. The van der Waals surface area contributed by atoms with Crippen molar-refractivity contribution in [1.29, 1.82) is 0 Å². The average Bonchev–Trinajstić information content (AvgIpc) is 3.14. The highest BCUT2D eigenvalue weighted by molar-refractivity contribution is 7.94. The summed E-state index contributed by atoms with van der Waals surface area (Å²) in [5.41, 5.74) is 3.35. The van der Waals surface area contributed by atoms with Gasteiger partial charge >= 0.3 is 0 Å². The molecule has 0 N–H and O–H groups in total. The topological polar surface area (TPSA) is 37.4 Å². The number of anilines is 1. The Morgan fingerprint density at radius 2 is 1.93 bits per heavy atom. The van der Waals surface area contributed by atoms with Gasteiger partial charge in [-0.15, -0.1) is 11.3 Å². The molecule has 0 bridgehead atoms. The lowest BCUT2D eigenvalue weighted by Crippen LogP contribution is -2.43. The molecule has 2 heterocycles. The van der Waals surface area contributed by atoms with Crippen LogP contribution in [0.4, 0.5) is 10.1 Å². The molecule has 0 aliphatic carbocycles. The Morgan fingerprint density at radius 1 is 1.13 bits per heavy atom. The van der Waals surface area contributed by atoms with E-state index >= 15 is 0 Å². The Balaban J connectivity index is 1.71. The Kier molecular flexibility index (Phi) is 5.93. The molecule has 3 aromatic rings. The summed E-state index contributed by atoms with van der Waals surface area (Å²) in [5.74, 6) is -0.349. The lowest BCUT2D eigenvalue weighted by molar-refractivity contribution is 0.517. The summed E-state index contributed by atoms with van der Waals surface area (Å²) in [6.07, 6.45) is 2.49. The predicted molar refractivity (Wildman–Crippen MR) is 122 cm³/mol. The Hall–Kier alpha value is -1.89. The normalized spacial score (nSPS) is 16.5. The van der Waals surface area contributed by atoms with Crippen LogP contribution in [-0.4, -0.2) is 14.5 Å². The molecule has 4 rings (SSSR count). The molecule has 1 atom stereocenters. The molecule has 7 heteroatoms. The SMILES string of the molecule is Cc1ccc2c(c1)N(S(=O)(=O)c1ccc(C)s1)C(CCc1ccc(Cl)cc1F)CC2. The van der Waals surface area contributed by atoms with Crippen LogP contribution in [0.3, 0.4) is 0 Å². The summed E-state index contributed by atoms with van der Waals surface area (Å²) in [6.45, 7) is 3.87. The van der Waals surface area contributed by atoms with Crippen molar-refractivity contribution in [2.24, 2.45) is 0 Å². The first-order valence-electron chi connectivity index (χ1n) is 9.90. The zero-order valence-corrected chi connectivity index (χ0v) is 19.2. The van der Waals surface area contributed by atoms with Crippen LogP contribution in [0, 0.1) is 19.7 Å². The quantitative estimate of drug-likeness (QED) is 0.445. The van der Waals surface area contributed by atoms with E-state index in [1.165, 1.54) is 17.4 Å². The van der Waals surface area contributed by atoms with Crippen molar-refractivity contribution in [1.82, 2.24) is 0 Å². The van der Waals surface area contributed by atoms with E-state index in [-0.39, 0.29) is 11.9 Å². The van der Waals surface area contributed by atoms with Crippen molar-refractivity contribution in [3.05, 3.63) is 80.9 Å². The largest absolute Gasteiger partial charge is 0.274 e. The number of hydrogen-bond donors (Lipinski definition) is 0. The van der Waals surface area contributed by atoms with E-state index in [0.29, 0.717) is 34.1 Å². The van der Waals surface area contributed by atoms with Gasteiger partial charge in [0.1, 0.15) is 10.0 Å². The molecule has 0 fully saturated rings. The lowest BCUT2D eigenvalue weighted by Gasteiger charge is -2.38. The minimum Gasteiger partial charge on any atom is -0.262 e. The first-order chi connectivity index (χ1) is 14.3. The molecule has 3 nitrogen and oxygen atoms in total. The number of nitrogens with zero attached hydrogens (tertiary/aromatic N) is 1. The number of thiophene rings is 1. The summed E-state index contributed by atoms with van der Waals surface area (Å²) in [4.78, 5) is 0.954. The average molecular weight is 464 g/mol. The molecule has 0 spiro atoms. The maximum absolute atomic E-state index is 14.3. The molecular formula is C23H23ClFNO2S2. The van der Waals surface area contributed by atoms with Crippen molar-refractivity contribution in [3.63, 3.8) is 0 Å². The fourth-order valence-corrected chi connectivity index (χ4v) is 7.28. The number of benzene rings is 2. The molecule has 0 radical (unpaired) electrons. The third-order valence-corrected chi connectivity index (χ3v) is 9.12. The van der Waals surface area contributed by atoms with E-state index in [9.17, 15) is 12.8 Å². The van der Waals surface area contributed by atoms with Crippen LogP contribution in [0.5, 0.6) is 0 Å². The maximum atomic E-state index is 14.3. The van der Waals surface area contributed by atoms with E-state index in [4.69, 9.17) is 11.6 Å². The molecule has 30 heavy (non-hydrogen) atoms. The molecule has 0 amide bonds. The van der Waals surface area contributed by atoms with Gasteiger partial charge in [0.05, 0.1) is 5.69 Å². The summed E-state index contributed by atoms with van der Waals surface area (Å²) in [7, 11) is -3.70. The highest BCUT2D eigenvalue weighted by Crippen LogP contribution is 2.39. The molecule has 1 unspecified atom stereocenters. The number of rotatable bonds is 5.